The number of carbonyl (C=O) groups is 2. The maximum absolute atomic E-state index is 13.9. The van der Waals surface area contributed by atoms with Crippen LogP contribution >= 0.6 is 11.3 Å². The molecule has 0 unspecified atom stereocenters. The summed E-state index contributed by atoms with van der Waals surface area (Å²) in [4.78, 5) is 28.4. The molecule has 8 heteroatoms. The molecular weight excluding hydrogens is 386 g/mol. The highest BCUT2D eigenvalue weighted by atomic mass is 32.1. The Morgan fingerprint density at radius 3 is 2.57 bits per heavy atom. The summed E-state index contributed by atoms with van der Waals surface area (Å²) in [7, 11) is 0. The first-order valence-electron chi connectivity index (χ1n) is 8.69. The number of benzene rings is 2. The number of hydrogen-bond donors (Lipinski definition) is 0. The lowest BCUT2D eigenvalue weighted by Crippen LogP contribution is -2.20. The van der Waals surface area contributed by atoms with Crippen LogP contribution in [0.3, 0.4) is 0 Å². The van der Waals surface area contributed by atoms with Crippen molar-refractivity contribution in [1.82, 2.24) is 4.57 Å². The van der Waals surface area contributed by atoms with Crippen LogP contribution in [0.5, 0.6) is 0 Å². The normalized spacial score (nSPS) is 11.8. The van der Waals surface area contributed by atoms with E-state index in [1.165, 1.54) is 17.4 Å². The molecule has 5 nitrogen and oxygen atoms in total. The zero-order valence-corrected chi connectivity index (χ0v) is 16.2. The molecule has 2 aromatic carbocycles. The van der Waals surface area contributed by atoms with E-state index in [-0.39, 0.29) is 30.3 Å². The van der Waals surface area contributed by atoms with Gasteiger partial charge in [-0.15, -0.1) is 0 Å². The molecule has 0 fully saturated rings. The van der Waals surface area contributed by atoms with Crippen molar-refractivity contribution in [3.05, 3.63) is 64.0 Å². The molecule has 0 aliphatic carbocycles. The molecule has 0 spiro atoms. The van der Waals surface area contributed by atoms with Gasteiger partial charge in [0.05, 0.1) is 23.2 Å². The Morgan fingerprint density at radius 1 is 1.18 bits per heavy atom. The Hall–Kier alpha value is -2.87. The summed E-state index contributed by atoms with van der Waals surface area (Å²) in [6.45, 7) is 4.15. The van der Waals surface area contributed by atoms with Crippen molar-refractivity contribution < 1.29 is 23.1 Å². The lowest BCUT2D eigenvalue weighted by atomic mass is 10.2. The van der Waals surface area contributed by atoms with Gasteiger partial charge in [0.15, 0.2) is 4.80 Å². The second-order valence-electron chi connectivity index (χ2n) is 6.08. The number of carbonyl (C=O) groups excluding carboxylic acids is 2. The predicted octanol–water partition coefficient (Wildman–Crippen LogP) is 3.98. The molecule has 0 atom stereocenters. The van der Waals surface area contributed by atoms with E-state index in [4.69, 9.17) is 4.74 Å². The fraction of sp³-hybridized carbons (Fsp3) is 0.250. The molecule has 0 bridgehead atoms. The monoisotopic (exact) mass is 404 g/mol. The third-order valence-corrected chi connectivity index (χ3v) is 5.10. The van der Waals surface area contributed by atoms with Gasteiger partial charge in [-0.1, -0.05) is 23.5 Å². The summed E-state index contributed by atoms with van der Waals surface area (Å²) in [5.74, 6) is -3.32. The first kappa shape index (κ1) is 19.9. The second-order valence-corrected chi connectivity index (χ2v) is 7.09. The standard InChI is InChI=1S/C20H18F2N2O3S/c1-3-27-17(25)9-10-24-15-8-7-12(2)11-16(15)28-20(24)23-19(26)18-13(21)5-4-6-14(18)22/h4-8,11H,3,9-10H2,1-2H3. The minimum Gasteiger partial charge on any atom is -0.466 e. The van der Waals surface area contributed by atoms with Crippen LogP contribution in [0.4, 0.5) is 8.78 Å². The van der Waals surface area contributed by atoms with Crippen LogP contribution < -0.4 is 4.80 Å². The van der Waals surface area contributed by atoms with Crippen LogP contribution in [0.15, 0.2) is 41.4 Å². The number of thiazole rings is 1. The van der Waals surface area contributed by atoms with E-state index < -0.39 is 23.1 Å². The molecule has 0 aliphatic heterocycles. The first-order chi connectivity index (χ1) is 13.4. The van der Waals surface area contributed by atoms with Gasteiger partial charge in [0.2, 0.25) is 0 Å². The van der Waals surface area contributed by atoms with Gasteiger partial charge in [0.1, 0.15) is 17.2 Å². The van der Waals surface area contributed by atoms with Gasteiger partial charge < -0.3 is 9.30 Å². The molecule has 146 valence electrons. The van der Waals surface area contributed by atoms with Crippen molar-refractivity contribution in [2.75, 3.05) is 6.61 Å². The van der Waals surface area contributed by atoms with Crippen LogP contribution in [0, 0.1) is 18.6 Å². The van der Waals surface area contributed by atoms with Crippen molar-refractivity contribution in [3.8, 4) is 0 Å². The number of fused-ring (bicyclic) bond motifs is 1. The van der Waals surface area contributed by atoms with Crippen LogP contribution in [-0.4, -0.2) is 23.1 Å². The lowest BCUT2D eigenvalue weighted by Gasteiger charge is -2.06. The molecule has 0 N–H and O–H groups in total. The van der Waals surface area contributed by atoms with Crippen molar-refractivity contribution in [3.63, 3.8) is 0 Å². The second kappa shape index (κ2) is 8.43. The minimum absolute atomic E-state index is 0.0863. The van der Waals surface area contributed by atoms with Crippen LogP contribution in [0.1, 0.15) is 29.3 Å². The Labute approximate surface area is 163 Å². The van der Waals surface area contributed by atoms with Gasteiger partial charge >= 0.3 is 5.97 Å². The van der Waals surface area contributed by atoms with E-state index in [9.17, 15) is 18.4 Å². The number of hydrogen-bond acceptors (Lipinski definition) is 4. The smallest absolute Gasteiger partial charge is 0.307 e. The van der Waals surface area contributed by atoms with E-state index in [0.29, 0.717) is 0 Å². The molecule has 28 heavy (non-hydrogen) atoms. The number of halogens is 2. The number of amides is 1. The first-order valence-corrected chi connectivity index (χ1v) is 9.51. The molecule has 0 aliphatic rings. The molecule has 3 aromatic rings. The highest BCUT2D eigenvalue weighted by molar-refractivity contribution is 7.16. The fourth-order valence-corrected chi connectivity index (χ4v) is 3.92. The number of rotatable bonds is 5. The zero-order valence-electron chi connectivity index (χ0n) is 15.4. The van der Waals surface area contributed by atoms with E-state index in [1.54, 1.807) is 11.5 Å². The topological polar surface area (TPSA) is 60.7 Å². The summed E-state index contributed by atoms with van der Waals surface area (Å²) in [5, 5.41) is 0. The van der Waals surface area contributed by atoms with E-state index >= 15 is 0 Å². The predicted molar refractivity (Wildman–Crippen MR) is 102 cm³/mol. The van der Waals surface area contributed by atoms with Gasteiger partial charge in [0.25, 0.3) is 5.91 Å². The summed E-state index contributed by atoms with van der Waals surface area (Å²) < 4.78 is 35.3. The van der Waals surface area contributed by atoms with Gasteiger partial charge in [-0.25, -0.2) is 8.78 Å². The van der Waals surface area contributed by atoms with Crippen molar-refractivity contribution in [2.45, 2.75) is 26.8 Å². The number of esters is 1. The Kier molecular flexibility index (Phi) is 5.99. The summed E-state index contributed by atoms with van der Waals surface area (Å²) in [5.41, 5.74) is 1.10. The van der Waals surface area contributed by atoms with Gasteiger partial charge in [0, 0.05) is 6.54 Å². The summed E-state index contributed by atoms with van der Waals surface area (Å²) in [6, 6.07) is 8.89. The summed E-state index contributed by atoms with van der Waals surface area (Å²) in [6.07, 6.45) is 0.0863. The van der Waals surface area contributed by atoms with Crippen molar-refractivity contribution >= 4 is 33.4 Å². The van der Waals surface area contributed by atoms with Crippen LogP contribution in [0.25, 0.3) is 10.2 Å². The number of aromatic nitrogens is 1. The Bertz CT molecular complexity index is 1100. The third kappa shape index (κ3) is 4.17. The van der Waals surface area contributed by atoms with Gasteiger partial charge in [-0.3, -0.25) is 9.59 Å². The number of aryl methyl sites for hydroxylation is 2. The largest absolute Gasteiger partial charge is 0.466 e. The van der Waals surface area contributed by atoms with E-state index in [1.807, 2.05) is 25.1 Å². The van der Waals surface area contributed by atoms with Crippen LogP contribution in [-0.2, 0) is 16.1 Å². The maximum atomic E-state index is 13.9. The molecule has 0 radical (unpaired) electrons. The molecule has 0 saturated heterocycles. The average Bonchev–Trinajstić information content (AvgIpc) is 2.96. The van der Waals surface area contributed by atoms with Crippen molar-refractivity contribution in [1.29, 1.82) is 0 Å². The molecule has 3 rings (SSSR count). The molecule has 1 heterocycles. The lowest BCUT2D eigenvalue weighted by molar-refractivity contribution is -0.143. The highest BCUT2D eigenvalue weighted by Gasteiger charge is 2.17. The Balaban J connectivity index is 2.08. The van der Waals surface area contributed by atoms with Crippen LogP contribution in [0.2, 0.25) is 0 Å². The zero-order chi connectivity index (χ0) is 20.3. The molecule has 1 aromatic heterocycles. The fourth-order valence-electron chi connectivity index (χ4n) is 2.76. The maximum Gasteiger partial charge on any atom is 0.307 e. The van der Waals surface area contributed by atoms with Gasteiger partial charge in [-0.05, 0) is 43.7 Å². The highest BCUT2D eigenvalue weighted by Crippen LogP contribution is 2.20. The van der Waals surface area contributed by atoms with Gasteiger partial charge in [-0.2, -0.15) is 4.99 Å². The quantitative estimate of drug-likeness (QED) is 0.605. The SMILES string of the molecule is CCOC(=O)CCn1c(=NC(=O)c2c(F)cccc2F)sc2cc(C)ccc21. The molecule has 0 saturated carbocycles. The van der Waals surface area contributed by atoms with E-state index in [2.05, 4.69) is 4.99 Å². The van der Waals surface area contributed by atoms with E-state index in [0.717, 1.165) is 27.9 Å². The Morgan fingerprint density at radius 2 is 1.89 bits per heavy atom. The molecule has 1 amide bonds. The molecular formula is C20H18F2N2O3S. The number of ether oxygens (including phenoxy) is 1. The van der Waals surface area contributed by atoms with Crippen molar-refractivity contribution in [2.24, 2.45) is 4.99 Å². The minimum atomic E-state index is -1.01. The third-order valence-electron chi connectivity index (χ3n) is 4.06. The summed E-state index contributed by atoms with van der Waals surface area (Å²) >= 11 is 1.22. The average molecular weight is 404 g/mol. The number of nitrogens with zero attached hydrogens (tertiary/aromatic N) is 2.